The molecule has 0 unspecified atom stereocenters. The first-order valence-electron chi connectivity index (χ1n) is 14.5. The van der Waals surface area contributed by atoms with Gasteiger partial charge in [-0.3, -0.25) is 19.2 Å². The molecule has 2 amide bonds. The predicted molar refractivity (Wildman–Crippen MR) is 158 cm³/mol. The third-order valence-electron chi connectivity index (χ3n) is 7.33. The first kappa shape index (κ1) is 33.5. The Hall–Kier alpha value is -3.72. The average molecular weight is 568 g/mol. The Bertz CT molecular complexity index is 1070. The quantitative estimate of drug-likeness (QED) is 0.166. The van der Waals surface area contributed by atoms with Crippen molar-refractivity contribution in [3.8, 4) is 0 Å². The molecule has 0 heterocycles. The molecule has 0 aliphatic carbocycles. The molecule has 224 valence electrons. The van der Waals surface area contributed by atoms with Crippen LogP contribution in [0.2, 0.25) is 0 Å². The molecule has 2 rings (SSSR count). The lowest BCUT2D eigenvalue weighted by Gasteiger charge is -2.30. The average Bonchev–Trinajstić information content (AvgIpc) is 2.96. The monoisotopic (exact) mass is 567 g/mol. The molecule has 0 radical (unpaired) electrons. The molecule has 0 bridgehead atoms. The third kappa shape index (κ3) is 10.6. The summed E-state index contributed by atoms with van der Waals surface area (Å²) in [4.78, 5) is 51.4. The summed E-state index contributed by atoms with van der Waals surface area (Å²) in [5.41, 5.74) is 7.63. The van der Waals surface area contributed by atoms with Crippen molar-refractivity contribution in [2.24, 2.45) is 11.7 Å². The summed E-state index contributed by atoms with van der Waals surface area (Å²) < 4.78 is 5.72. The van der Waals surface area contributed by atoms with Crippen molar-refractivity contribution in [2.75, 3.05) is 0 Å². The second-order valence-corrected chi connectivity index (χ2v) is 10.6. The minimum atomic E-state index is -1.19. The summed E-state index contributed by atoms with van der Waals surface area (Å²) in [6.07, 6.45) is 2.96. The molecule has 9 nitrogen and oxygen atoms in total. The van der Waals surface area contributed by atoms with Gasteiger partial charge in [0, 0.05) is 5.92 Å². The van der Waals surface area contributed by atoms with E-state index in [0.717, 1.165) is 30.4 Å². The molecular formula is C32H45N3O6. The predicted octanol–water partition coefficient (Wildman–Crippen LogP) is 4.15. The summed E-state index contributed by atoms with van der Waals surface area (Å²) in [5, 5.41) is 14.8. The van der Waals surface area contributed by atoms with Gasteiger partial charge in [0.1, 0.15) is 24.2 Å². The lowest BCUT2D eigenvalue weighted by atomic mass is 9.84. The van der Waals surface area contributed by atoms with Gasteiger partial charge < -0.3 is 26.2 Å². The number of unbranched alkanes of at least 4 members (excludes halogenated alkanes) is 2. The van der Waals surface area contributed by atoms with E-state index in [0.29, 0.717) is 12.8 Å². The molecule has 9 heteroatoms. The summed E-state index contributed by atoms with van der Waals surface area (Å²) in [7, 11) is 0. The van der Waals surface area contributed by atoms with Crippen LogP contribution in [0.3, 0.4) is 0 Å². The zero-order valence-electron chi connectivity index (χ0n) is 24.5. The lowest BCUT2D eigenvalue weighted by Crippen LogP contribution is -2.54. The van der Waals surface area contributed by atoms with E-state index in [1.807, 2.05) is 74.5 Å². The molecular weight excluding hydrogens is 522 g/mol. The molecule has 5 atom stereocenters. The highest BCUT2D eigenvalue weighted by atomic mass is 16.5. The number of nitrogens with one attached hydrogen (secondary N) is 2. The van der Waals surface area contributed by atoms with Gasteiger partial charge in [-0.2, -0.15) is 0 Å². The summed E-state index contributed by atoms with van der Waals surface area (Å²) in [5.74, 6) is -3.55. The second kappa shape index (κ2) is 17.2. The topological polar surface area (TPSA) is 148 Å². The van der Waals surface area contributed by atoms with E-state index in [2.05, 4.69) is 17.6 Å². The minimum absolute atomic E-state index is 0.0746. The van der Waals surface area contributed by atoms with Gasteiger partial charge in [-0.25, -0.2) is 0 Å². The molecule has 0 saturated heterocycles. The fraction of sp³-hybridized carbons (Fsp3) is 0.500. The van der Waals surface area contributed by atoms with Crippen LogP contribution >= 0.6 is 0 Å². The number of rotatable bonds is 17. The Morgan fingerprint density at radius 1 is 0.878 bits per heavy atom. The van der Waals surface area contributed by atoms with Crippen LogP contribution in [0.4, 0.5) is 0 Å². The van der Waals surface area contributed by atoms with Crippen LogP contribution in [0.25, 0.3) is 0 Å². The Labute approximate surface area is 243 Å². The van der Waals surface area contributed by atoms with Crippen LogP contribution in [0.15, 0.2) is 60.7 Å². The van der Waals surface area contributed by atoms with Crippen LogP contribution in [-0.4, -0.2) is 53.1 Å². The SMILES string of the molecule is CCCCC[C@H](CC(=O)N[C@H](C(=O)N[C@@H](C)C(=O)O)C(c1ccccc1)c1ccccc1)OC(=O)[C@H](N)[C@@H](C)CC. The number of nitrogens with two attached hydrogens (primary N) is 1. The van der Waals surface area contributed by atoms with Crippen molar-refractivity contribution in [1.82, 2.24) is 10.6 Å². The number of esters is 1. The van der Waals surface area contributed by atoms with Crippen molar-refractivity contribution in [3.63, 3.8) is 0 Å². The second-order valence-electron chi connectivity index (χ2n) is 10.6. The Balaban J connectivity index is 2.38. The fourth-order valence-electron chi connectivity index (χ4n) is 4.56. The van der Waals surface area contributed by atoms with Gasteiger partial charge in [-0.05, 0) is 36.8 Å². The normalized spacial score (nSPS) is 14.8. The smallest absolute Gasteiger partial charge is 0.325 e. The number of aliphatic carboxylic acids is 1. The largest absolute Gasteiger partial charge is 0.480 e. The zero-order valence-corrected chi connectivity index (χ0v) is 24.5. The number of ether oxygens (including phenoxy) is 1. The van der Waals surface area contributed by atoms with Crippen LogP contribution in [-0.2, 0) is 23.9 Å². The number of benzene rings is 2. The van der Waals surface area contributed by atoms with Crippen molar-refractivity contribution in [2.45, 2.75) is 96.4 Å². The Morgan fingerprint density at radius 2 is 1.44 bits per heavy atom. The van der Waals surface area contributed by atoms with Gasteiger partial charge >= 0.3 is 11.9 Å². The minimum Gasteiger partial charge on any atom is -0.480 e. The Morgan fingerprint density at radius 3 is 1.93 bits per heavy atom. The highest BCUT2D eigenvalue weighted by molar-refractivity contribution is 5.91. The van der Waals surface area contributed by atoms with Crippen molar-refractivity contribution in [1.29, 1.82) is 0 Å². The van der Waals surface area contributed by atoms with Crippen LogP contribution in [0.1, 0.15) is 83.3 Å². The molecule has 2 aromatic rings. The molecule has 0 spiro atoms. The lowest BCUT2D eigenvalue weighted by molar-refractivity contribution is -0.153. The number of hydrogen-bond acceptors (Lipinski definition) is 6. The molecule has 41 heavy (non-hydrogen) atoms. The van der Waals surface area contributed by atoms with Gasteiger partial charge in [0.25, 0.3) is 0 Å². The van der Waals surface area contributed by atoms with Gasteiger partial charge in [0.05, 0.1) is 6.42 Å². The van der Waals surface area contributed by atoms with E-state index >= 15 is 0 Å². The number of carbonyl (C=O) groups excluding carboxylic acids is 3. The summed E-state index contributed by atoms with van der Waals surface area (Å²) in [6.45, 7) is 7.24. The Kier molecular flexibility index (Phi) is 14.0. The molecule has 5 N–H and O–H groups in total. The van der Waals surface area contributed by atoms with Crippen LogP contribution in [0, 0.1) is 5.92 Å². The third-order valence-corrected chi connectivity index (χ3v) is 7.33. The van der Waals surface area contributed by atoms with Crippen molar-refractivity contribution < 1.29 is 29.0 Å². The number of carboxylic acids is 1. The van der Waals surface area contributed by atoms with Crippen LogP contribution < -0.4 is 16.4 Å². The first-order chi connectivity index (χ1) is 19.6. The van der Waals surface area contributed by atoms with E-state index < -0.39 is 53.9 Å². The fourth-order valence-corrected chi connectivity index (χ4v) is 4.56. The molecule has 2 aromatic carbocycles. The van der Waals surface area contributed by atoms with E-state index in [-0.39, 0.29) is 12.3 Å². The molecule has 0 saturated carbocycles. The molecule has 0 fully saturated rings. The van der Waals surface area contributed by atoms with E-state index in [1.165, 1.54) is 6.92 Å². The van der Waals surface area contributed by atoms with Crippen molar-refractivity contribution >= 4 is 23.8 Å². The van der Waals surface area contributed by atoms with Crippen molar-refractivity contribution in [3.05, 3.63) is 71.8 Å². The number of carboxylic acid groups (broad SMARTS) is 1. The van der Waals surface area contributed by atoms with Gasteiger partial charge in [-0.1, -0.05) is 101 Å². The number of hydrogen-bond donors (Lipinski definition) is 4. The molecule has 0 aromatic heterocycles. The maximum absolute atomic E-state index is 13.6. The van der Waals surface area contributed by atoms with Gasteiger partial charge in [0.2, 0.25) is 11.8 Å². The van der Waals surface area contributed by atoms with E-state index in [4.69, 9.17) is 10.5 Å². The number of carbonyl (C=O) groups is 4. The highest BCUT2D eigenvalue weighted by Crippen LogP contribution is 2.29. The van der Waals surface area contributed by atoms with Crippen LogP contribution in [0.5, 0.6) is 0 Å². The first-order valence-corrected chi connectivity index (χ1v) is 14.5. The number of amides is 2. The zero-order chi connectivity index (χ0) is 30.4. The highest BCUT2D eigenvalue weighted by Gasteiger charge is 2.35. The maximum Gasteiger partial charge on any atom is 0.325 e. The molecule has 0 aliphatic rings. The van der Waals surface area contributed by atoms with E-state index in [1.54, 1.807) is 0 Å². The van der Waals surface area contributed by atoms with E-state index in [9.17, 15) is 24.3 Å². The van der Waals surface area contributed by atoms with Gasteiger partial charge in [0.15, 0.2) is 0 Å². The maximum atomic E-state index is 13.6. The summed E-state index contributed by atoms with van der Waals surface area (Å²) in [6, 6.07) is 15.4. The standard InChI is InChI=1S/C32H45N3O6/c1-5-7-10-19-25(41-32(40)28(33)21(3)6-2)20-26(36)35-29(30(37)34-22(4)31(38)39)27(23-15-11-8-12-16-23)24-17-13-9-14-18-24/h8-9,11-18,21-22,25,27-29H,5-7,10,19-20,33H2,1-4H3,(H,34,37)(H,35,36)(H,38,39)/t21-,22-,25+,28+,29-/m0/s1. The molecule has 0 aliphatic heterocycles. The van der Waals surface area contributed by atoms with Gasteiger partial charge in [-0.15, -0.1) is 0 Å². The summed E-state index contributed by atoms with van der Waals surface area (Å²) >= 11 is 0.